The summed E-state index contributed by atoms with van der Waals surface area (Å²) < 4.78 is 19.9. The maximum Gasteiger partial charge on any atom is 0.172 e. The fourth-order valence-corrected chi connectivity index (χ4v) is 11.1. The molecule has 0 amide bonds. The third-order valence-corrected chi connectivity index (χ3v) is 14.7. The van der Waals surface area contributed by atoms with Crippen LogP contribution in [0, 0.1) is 0 Å². The van der Waals surface area contributed by atoms with Gasteiger partial charge in [-0.15, -0.1) is 0 Å². The molecule has 72 heavy (non-hydrogen) atoms. The SMILES string of the molecule is CC1(C)c2ccccc2-c2ccc(N(c3ccc(-c4ccccc4)cc3)c3ccc(-c4ccc(N(c5ccccc5)c5ccc6c(c5)Oc5ccccc5O6)c5oc6cc7ccccc7cc6c45)cc3)cc21. The summed E-state index contributed by atoms with van der Waals surface area (Å²) in [5.41, 5.74) is 17.4. The number of anilines is 6. The smallest absolute Gasteiger partial charge is 0.172 e. The van der Waals surface area contributed by atoms with Crippen LogP contribution in [-0.4, -0.2) is 0 Å². The van der Waals surface area contributed by atoms with E-state index in [1.54, 1.807) is 0 Å². The standard InChI is InChI=1S/C67H46N2O3/c1-67(2)57-22-12-11-21-54(57)55-35-33-51(41-58(55)67)68(49-29-25-44(26-30-49)43-15-5-3-6-16-43)50-31-27-45(28-32-50)53-36-37-59(66-65(53)56-39-46-17-9-10-18-47(46)40-63(56)72-66)69(48-19-7-4-8-20-48)52-34-38-62-64(42-52)71-61-24-14-13-23-60(61)70-62/h3-42H,1-2H3. The highest BCUT2D eigenvalue weighted by molar-refractivity contribution is 6.19. The van der Waals surface area contributed by atoms with Gasteiger partial charge in [0.15, 0.2) is 28.6 Å². The van der Waals surface area contributed by atoms with E-state index >= 15 is 0 Å². The minimum absolute atomic E-state index is 0.144. The van der Waals surface area contributed by atoms with Gasteiger partial charge in [-0.2, -0.15) is 0 Å². The van der Waals surface area contributed by atoms with Crippen LogP contribution in [0.2, 0.25) is 0 Å². The Hall–Kier alpha value is -9.32. The van der Waals surface area contributed by atoms with Gasteiger partial charge >= 0.3 is 0 Å². The fraction of sp³-hybridized carbons (Fsp3) is 0.0448. The predicted molar refractivity (Wildman–Crippen MR) is 296 cm³/mol. The third-order valence-electron chi connectivity index (χ3n) is 14.7. The molecule has 0 bridgehead atoms. The van der Waals surface area contributed by atoms with Crippen molar-refractivity contribution in [2.75, 3.05) is 9.80 Å². The Morgan fingerprint density at radius 2 is 0.875 bits per heavy atom. The number of benzene rings is 11. The Balaban J connectivity index is 0.919. The van der Waals surface area contributed by atoms with Crippen LogP contribution in [-0.2, 0) is 5.41 Å². The second kappa shape index (κ2) is 16.4. The number of para-hydroxylation sites is 3. The zero-order valence-corrected chi connectivity index (χ0v) is 39.7. The Morgan fingerprint density at radius 1 is 0.347 bits per heavy atom. The first-order chi connectivity index (χ1) is 35.4. The predicted octanol–water partition coefficient (Wildman–Crippen LogP) is 19.2. The lowest BCUT2D eigenvalue weighted by Gasteiger charge is -2.28. The number of rotatable bonds is 8. The van der Waals surface area contributed by atoms with E-state index in [0.717, 1.165) is 78.0 Å². The molecular weight excluding hydrogens is 881 g/mol. The zero-order valence-electron chi connectivity index (χ0n) is 39.7. The van der Waals surface area contributed by atoms with Gasteiger partial charge in [-0.05, 0) is 146 Å². The second-order valence-corrected chi connectivity index (χ2v) is 19.3. The van der Waals surface area contributed by atoms with Crippen LogP contribution in [0.1, 0.15) is 25.0 Å². The molecule has 342 valence electrons. The Morgan fingerprint density at radius 3 is 1.62 bits per heavy atom. The molecule has 2 aliphatic rings. The summed E-state index contributed by atoms with van der Waals surface area (Å²) in [6.07, 6.45) is 0. The van der Waals surface area contributed by atoms with Crippen molar-refractivity contribution in [1.82, 2.24) is 0 Å². The van der Waals surface area contributed by atoms with Gasteiger partial charge in [0.25, 0.3) is 0 Å². The maximum absolute atomic E-state index is 7.13. The molecule has 0 saturated heterocycles. The van der Waals surface area contributed by atoms with Crippen molar-refractivity contribution in [1.29, 1.82) is 0 Å². The molecule has 1 aliphatic carbocycles. The van der Waals surface area contributed by atoms with Crippen molar-refractivity contribution in [3.8, 4) is 56.4 Å². The van der Waals surface area contributed by atoms with E-state index in [0.29, 0.717) is 23.0 Å². The van der Waals surface area contributed by atoms with Gasteiger partial charge in [0.05, 0.1) is 11.4 Å². The number of hydrogen-bond donors (Lipinski definition) is 0. The molecule has 11 aromatic carbocycles. The summed E-state index contributed by atoms with van der Waals surface area (Å²) in [6.45, 7) is 4.69. The molecule has 5 nitrogen and oxygen atoms in total. The highest BCUT2D eigenvalue weighted by Crippen LogP contribution is 2.53. The largest absolute Gasteiger partial charge is 0.454 e. The zero-order chi connectivity index (χ0) is 47.9. The van der Waals surface area contributed by atoms with Gasteiger partial charge < -0.3 is 23.7 Å². The Bertz CT molecular complexity index is 4070. The van der Waals surface area contributed by atoms with E-state index < -0.39 is 0 Å². The van der Waals surface area contributed by atoms with Gasteiger partial charge in [-0.3, -0.25) is 0 Å². The van der Waals surface area contributed by atoms with Crippen molar-refractivity contribution >= 4 is 66.8 Å². The molecule has 0 unspecified atom stereocenters. The number of ether oxygens (including phenoxy) is 2. The van der Waals surface area contributed by atoms with Crippen LogP contribution < -0.4 is 19.3 Å². The van der Waals surface area contributed by atoms with E-state index in [2.05, 4.69) is 230 Å². The minimum atomic E-state index is -0.144. The lowest BCUT2D eigenvalue weighted by atomic mass is 9.82. The quantitative estimate of drug-likeness (QED) is 0.152. The van der Waals surface area contributed by atoms with Crippen LogP contribution >= 0.6 is 0 Å². The number of hydrogen-bond acceptors (Lipinski definition) is 5. The van der Waals surface area contributed by atoms with Crippen LogP contribution in [0.15, 0.2) is 247 Å². The first-order valence-corrected chi connectivity index (χ1v) is 24.6. The van der Waals surface area contributed by atoms with Crippen LogP contribution in [0.3, 0.4) is 0 Å². The lowest BCUT2D eigenvalue weighted by molar-refractivity contribution is 0.360. The molecule has 14 rings (SSSR count). The van der Waals surface area contributed by atoms with Gasteiger partial charge in [0.1, 0.15) is 5.58 Å². The van der Waals surface area contributed by atoms with Gasteiger partial charge in [-0.1, -0.05) is 159 Å². The van der Waals surface area contributed by atoms with E-state index in [-0.39, 0.29) is 5.41 Å². The fourth-order valence-electron chi connectivity index (χ4n) is 11.1. The molecule has 0 N–H and O–H groups in total. The normalized spacial score (nSPS) is 12.9. The average molecular weight is 927 g/mol. The van der Waals surface area contributed by atoms with E-state index in [9.17, 15) is 0 Å². The number of furan rings is 1. The first-order valence-electron chi connectivity index (χ1n) is 24.6. The summed E-state index contributed by atoms with van der Waals surface area (Å²) in [5.74, 6) is 2.69. The van der Waals surface area contributed by atoms with E-state index in [4.69, 9.17) is 13.9 Å². The first kappa shape index (κ1) is 41.6. The highest BCUT2D eigenvalue weighted by Gasteiger charge is 2.36. The molecule has 2 heterocycles. The van der Waals surface area contributed by atoms with E-state index in [1.165, 1.54) is 33.4 Å². The Labute approximate surface area is 418 Å². The molecule has 0 saturated carbocycles. The summed E-state index contributed by atoms with van der Waals surface area (Å²) in [5, 5.41) is 4.38. The molecule has 1 aliphatic heterocycles. The lowest BCUT2D eigenvalue weighted by Crippen LogP contribution is -2.16. The van der Waals surface area contributed by atoms with Crippen molar-refractivity contribution in [2.45, 2.75) is 19.3 Å². The van der Waals surface area contributed by atoms with Crippen molar-refractivity contribution in [2.24, 2.45) is 0 Å². The summed E-state index contributed by atoms with van der Waals surface area (Å²) in [4.78, 5) is 4.64. The topological polar surface area (TPSA) is 38.1 Å². The summed E-state index contributed by atoms with van der Waals surface area (Å²) in [6, 6.07) is 86.1. The van der Waals surface area contributed by atoms with Crippen LogP contribution in [0.25, 0.3) is 66.1 Å². The molecule has 0 fully saturated rings. The minimum Gasteiger partial charge on any atom is -0.454 e. The second-order valence-electron chi connectivity index (χ2n) is 19.3. The van der Waals surface area contributed by atoms with Crippen molar-refractivity contribution in [3.05, 3.63) is 254 Å². The Kier molecular flexibility index (Phi) is 9.48. The highest BCUT2D eigenvalue weighted by atomic mass is 16.6. The maximum atomic E-state index is 7.13. The van der Waals surface area contributed by atoms with Gasteiger partial charge in [0, 0.05) is 45.0 Å². The molecule has 12 aromatic rings. The summed E-state index contributed by atoms with van der Waals surface area (Å²) >= 11 is 0. The molecule has 0 radical (unpaired) electrons. The molecule has 5 heteroatoms. The molecule has 0 spiro atoms. The number of nitrogens with zero attached hydrogens (tertiary/aromatic N) is 2. The summed E-state index contributed by atoms with van der Waals surface area (Å²) in [7, 11) is 0. The van der Waals surface area contributed by atoms with E-state index in [1.807, 2.05) is 36.4 Å². The van der Waals surface area contributed by atoms with Gasteiger partial charge in [0.2, 0.25) is 0 Å². The van der Waals surface area contributed by atoms with Crippen molar-refractivity contribution < 1.29 is 13.9 Å². The van der Waals surface area contributed by atoms with Crippen LogP contribution in [0.5, 0.6) is 23.0 Å². The molecule has 1 aromatic heterocycles. The number of fused-ring (bicyclic) bond motifs is 9. The monoisotopic (exact) mass is 926 g/mol. The third kappa shape index (κ3) is 6.77. The van der Waals surface area contributed by atoms with Crippen LogP contribution in [0.4, 0.5) is 34.1 Å². The molecule has 0 atom stereocenters. The average Bonchev–Trinajstić information content (AvgIpc) is 3.92. The molecular formula is C67H46N2O3. The van der Waals surface area contributed by atoms with Crippen molar-refractivity contribution in [3.63, 3.8) is 0 Å². The van der Waals surface area contributed by atoms with Gasteiger partial charge in [-0.25, -0.2) is 0 Å².